The van der Waals surface area contributed by atoms with Crippen molar-refractivity contribution in [2.45, 2.75) is 0 Å². The summed E-state index contributed by atoms with van der Waals surface area (Å²) in [6.07, 6.45) is 0. The molecule has 1 N–H and O–H groups in total. The van der Waals surface area contributed by atoms with Gasteiger partial charge in [0.25, 0.3) is 0 Å². The molecule has 0 radical (unpaired) electrons. The largest absolute Gasteiger partial charge is 0.507 e. The molecule has 0 spiro atoms. The smallest absolute Gasteiger partial charge is 0.124 e. The Labute approximate surface area is 213 Å². The van der Waals surface area contributed by atoms with Crippen LogP contribution in [-0.4, -0.2) is 5.11 Å². The van der Waals surface area contributed by atoms with E-state index in [4.69, 9.17) is 0 Å². The van der Waals surface area contributed by atoms with Crippen LogP contribution in [0, 0.1) is 0 Å². The predicted molar refractivity (Wildman–Crippen MR) is 159 cm³/mol. The maximum atomic E-state index is 11.2. The number of rotatable bonds is 1. The van der Waals surface area contributed by atoms with E-state index in [1.165, 1.54) is 48.5 Å². The molecule has 0 aliphatic carbocycles. The molecule has 0 bridgehead atoms. The Hall–Kier alpha value is -4.88. The number of fused-ring (bicyclic) bond motifs is 6. The molecule has 0 saturated carbocycles. The van der Waals surface area contributed by atoms with Gasteiger partial charge in [-0.15, -0.1) is 0 Å². The van der Waals surface area contributed by atoms with E-state index in [1.807, 2.05) is 12.1 Å². The van der Waals surface area contributed by atoms with E-state index >= 15 is 0 Å². The molecule has 0 saturated heterocycles. The Bertz CT molecular complexity index is 2200. The van der Waals surface area contributed by atoms with Gasteiger partial charge in [0.15, 0.2) is 0 Å². The number of hydrogen-bond acceptors (Lipinski definition) is 1. The molecule has 0 unspecified atom stereocenters. The topological polar surface area (TPSA) is 20.2 Å². The number of phenolic OH excluding ortho intramolecular Hbond substituents is 1. The third kappa shape index (κ3) is 3.11. The summed E-state index contributed by atoms with van der Waals surface area (Å²) in [4.78, 5) is 0. The Morgan fingerprint density at radius 2 is 0.757 bits per heavy atom. The lowest BCUT2D eigenvalue weighted by atomic mass is 9.90. The molecule has 8 rings (SSSR count). The van der Waals surface area contributed by atoms with Crippen molar-refractivity contribution in [1.82, 2.24) is 0 Å². The summed E-state index contributed by atoms with van der Waals surface area (Å²) in [5, 5.41) is 25.5. The molecule has 0 aliphatic heterocycles. The van der Waals surface area contributed by atoms with Crippen molar-refractivity contribution in [1.29, 1.82) is 0 Å². The molecule has 8 aromatic rings. The van der Waals surface area contributed by atoms with Gasteiger partial charge in [-0.25, -0.2) is 0 Å². The van der Waals surface area contributed by atoms with Crippen molar-refractivity contribution >= 4 is 64.6 Å². The highest BCUT2D eigenvalue weighted by Crippen LogP contribution is 2.42. The second-order valence-electron chi connectivity index (χ2n) is 10.0. The van der Waals surface area contributed by atoms with Gasteiger partial charge in [-0.3, -0.25) is 0 Å². The van der Waals surface area contributed by atoms with Crippen LogP contribution in [0.2, 0.25) is 0 Å². The van der Waals surface area contributed by atoms with E-state index in [0.717, 1.165) is 27.3 Å². The van der Waals surface area contributed by atoms with E-state index in [2.05, 4.69) is 115 Å². The van der Waals surface area contributed by atoms with Gasteiger partial charge >= 0.3 is 0 Å². The molecule has 0 aliphatic rings. The lowest BCUT2D eigenvalue weighted by Gasteiger charge is -2.15. The minimum Gasteiger partial charge on any atom is -0.507 e. The van der Waals surface area contributed by atoms with Crippen LogP contribution in [0.3, 0.4) is 0 Å². The second-order valence-corrected chi connectivity index (χ2v) is 10.0. The van der Waals surface area contributed by atoms with E-state index < -0.39 is 0 Å². The number of phenols is 1. The number of hydrogen-bond donors (Lipinski definition) is 1. The van der Waals surface area contributed by atoms with Crippen LogP contribution in [0.4, 0.5) is 0 Å². The SMILES string of the molecule is Oc1ccc2cc3cc4ccccc4cc3cc2c1-c1cccc2cc3cc4ccccc4cc3cc12. The molecule has 0 atom stereocenters. The van der Waals surface area contributed by atoms with Crippen molar-refractivity contribution in [3.63, 3.8) is 0 Å². The van der Waals surface area contributed by atoms with Crippen LogP contribution < -0.4 is 0 Å². The first-order valence-corrected chi connectivity index (χ1v) is 12.7. The van der Waals surface area contributed by atoms with Gasteiger partial charge in [-0.2, -0.15) is 0 Å². The van der Waals surface area contributed by atoms with E-state index in [0.29, 0.717) is 5.75 Å². The molecule has 0 amide bonds. The van der Waals surface area contributed by atoms with E-state index in [1.54, 1.807) is 0 Å². The molecule has 1 nitrogen and oxygen atoms in total. The van der Waals surface area contributed by atoms with E-state index in [-0.39, 0.29) is 0 Å². The zero-order valence-electron chi connectivity index (χ0n) is 20.1. The van der Waals surface area contributed by atoms with Crippen molar-refractivity contribution in [2.75, 3.05) is 0 Å². The highest BCUT2D eigenvalue weighted by molar-refractivity contribution is 6.15. The summed E-state index contributed by atoms with van der Waals surface area (Å²) in [5.74, 6) is 0.304. The molecule has 1 heteroatoms. The van der Waals surface area contributed by atoms with Crippen LogP contribution in [0.15, 0.2) is 127 Å². The molecular formula is C36H22O. The second kappa shape index (κ2) is 7.56. The maximum Gasteiger partial charge on any atom is 0.124 e. The molecule has 37 heavy (non-hydrogen) atoms. The van der Waals surface area contributed by atoms with Gasteiger partial charge in [0, 0.05) is 5.56 Å². The van der Waals surface area contributed by atoms with Crippen LogP contribution in [0.5, 0.6) is 5.75 Å². The lowest BCUT2D eigenvalue weighted by molar-refractivity contribution is 0.478. The van der Waals surface area contributed by atoms with Gasteiger partial charge in [0.1, 0.15) is 5.75 Å². The first kappa shape index (κ1) is 20.3. The van der Waals surface area contributed by atoms with Gasteiger partial charge in [-0.05, 0) is 125 Å². The minimum atomic E-state index is 0.304. The first-order chi connectivity index (χ1) is 18.2. The minimum absolute atomic E-state index is 0.304. The summed E-state index contributed by atoms with van der Waals surface area (Å²) in [6.45, 7) is 0. The summed E-state index contributed by atoms with van der Waals surface area (Å²) in [5.41, 5.74) is 1.94. The molecule has 0 aromatic heterocycles. The highest BCUT2D eigenvalue weighted by atomic mass is 16.3. The third-order valence-electron chi connectivity index (χ3n) is 7.79. The predicted octanol–water partition coefficient (Wildman–Crippen LogP) is 9.98. The number of aromatic hydroxyl groups is 1. The fraction of sp³-hybridized carbons (Fsp3) is 0. The molecule has 172 valence electrons. The Balaban J connectivity index is 1.44. The maximum absolute atomic E-state index is 11.2. The fourth-order valence-electron chi connectivity index (χ4n) is 5.97. The average Bonchev–Trinajstić information content (AvgIpc) is 2.92. The van der Waals surface area contributed by atoms with Crippen molar-refractivity contribution in [3.05, 3.63) is 127 Å². The summed E-state index contributed by atoms with van der Waals surface area (Å²) in [6, 6.07) is 45.3. The Morgan fingerprint density at radius 1 is 0.324 bits per heavy atom. The summed E-state index contributed by atoms with van der Waals surface area (Å²) in [7, 11) is 0. The molecule has 0 fully saturated rings. The first-order valence-electron chi connectivity index (χ1n) is 12.7. The standard InChI is InChI=1S/C36H22O/c37-35-13-12-27-19-29-15-23-7-2-4-9-25(23)17-31(29)21-34(27)36(35)32-11-5-10-26-18-28-14-22-6-1-3-8-24(22)16-30(28)20-33(26)32/h1-21,37H. The van der Waals surface area contributed by atoms with Crippen molar-refractivity contribution in [2.24, 2.45) is 0 Å². The Morgan fingerprint density at radius 3 is 1.32 bits per heavy atom. The van der Waals surface area contributed by atoms with Crippen LogP contribution in [0.25, 0.3) is 75.8 Å². The zero-order valence-corrected chi connectivity index (χ0v) is 20.1. The van der Waals surface area contributed by atoms with E-state index in [9.17, 15) is 5.11 Å². The molecule has 8 aromatic carbocycles. The quantitative estimate of drug-likeness (QED) is 0.237. The van der Waals surface area contributed by atoms with Crippen molar-refractivity contribution in [3.8, 4) is 16.9 Å². The zero-order chi connectivity index (χ0) is 24.5. The average molecular weight is 471 g/mol. The van der Waals surface area contributed by atoms with Gasteiger partial charge in [0.05, 0.1) is 0 Å². The van der Waals surface area contributed by atoms with Crippen LogP contribution in [-0.2, 0) is 0 Å². The van der Waals surface area contributed by atoms with Gasteiger partial charge in [0.2, 0.25) is 0 Å². The highest BCUT2D eigenvalue weighted by Gasteiger charge is 2.14. The normalized spacial score (nSPS) is 11.9. The summed E-state index contributed by atoms with van der Waals surface area (Å²) < 4.78 is 0. The Kier molecular flexibility index (Phi) is 4.15. The van der Waals surface area contributed by atoms with Gasteiger partial charge in [-0.1, -0.05) is 72.8 Å². The van der Waals surface area contributed by atoms with Crippen LogP contribution >= 0.6 is 0 Å². The van der Waals surface area contributed by atoms with Crippen molar-refractivity contribution < 1.29 is 5.11 Å². The summed E-state index contributed by atoms with van der Waals surface area (Å²) >= 11 is 0. The monoisotopic (exact) mass is 470 g/mol. The number of benzene rings is 8. The third-order valence-corrected chi connectivity index (χ3v) is 7.79. The van der Waals surface area contributed by atoms with Crippen LogP contribution in [0.1, 0.15) is 0 Å². The fourth-order valence-corrected chi connectivity index (χ4v) is 5.97. The lowest BCUT2D eigenvalue weighted by Crippen LogP contribution is -1.87. The van der Waals surface area contributed by atoms with Gasteiger partial charge < -0.3 is 5.11 Å². The molecular weight excluding hydrogens is 448 g/mol. The molecule has 0 heterocycles.